The lowest BCUT2D eigenvalue weighted by molar-refractivity contribution is 0.0956. The fraction of sp³-hybridized carbons (Fsp3) is 0.400. The molecule has 0 aliphatic heterocycles. The highest BCUT2D eigenvalue weighted by atomic mass is 16.2. The molecule has 3 heteroatoms. The summed E-state index contributed by atoms with van der Waals surface area (Å²) in [7, 11) is 0. The van der Waals surface area contributed by atoms with Gasteiger partial charge < -0.3 is 0 Å². The van der Waals surface area contributed by atoms with Crippen LogP contribution in [0.2, 0.25) is 0 Å². The molecule has 0 heterocycles. The van der Waals surface area contributed by atoms with Crippen molar-refractivity contribution in [3.8, 4) is 0 Å². The van der Waals surface area contributed by atoms with Crippen molar-refractivity contribution in [2.75, 3.05) is 0 Å². The number of fused-ring (bicyclic) bond motifs is 1. The van der Waals surface area contributed by atoms with Gasteiger partial charge in [-0.15, -0.1) is 0 Å². The topological polar surface area (TPSA) is 41.5 Å². The molecule has 2 aromatic rings. The summed E-state index contributed by atoms with van der Waals surface area (Å²) in [6, 6.07) is 13.7. The van der Waals surface area contributed by atoms with Crippen molar-refractivity contribution < 1.29 is 4.79 Å². The van der Waals surface area contributed by atoms with Crippen LogP contribution in [-0.2, 0) is 0 Å². The Morgan fingerprint density at radius 3 is 2.74 bits per heavy atom. The quantitative estimate of drug-likeness (QED) is 0.618. The van der Waals surface area contributed by atoms with E-state index in [9.17, 15) is 4.79 Å². The molecule has 0 unspecified atom stereocenters. The van der Waals surface area contributed by atoms with E-state index in [4.69, 9.17) is 0 Å². The highest BCUT2D eigenvalue weighted by Gasteiger charge is 2.12. The van der Waals surface area contributed by atoms with Crippen molar-refractivity contribution in [3.63, 3.8) is 0 Å². The number of nitrogens with zero attached hydrogens (tertiary/aromatic N) is 1. The molecule has 0 bridgehead atoms. The largest absolute Gasteiger partial charge is 0.271 e. The molecule has 3 nitrogen and oxygen atoms in total. The number of amides is 1. The molecule has 1 saturated carbocycles. The molecular formula is C20H24N2O. The third-order valence-electron chi connectivity index (χ3n) is 4.72. The maximum Gasteiger partial charge on any atom is 0.271 e. The van der Waals surface area contributed by atoms with Gasteiger partial charge in [-0.05, 0) is 35.6 Å². The van der Waals surface area contributed by atoms with Gasteiger partial charge in [0.1, 0.15) is 0 Å². The van der Waals surface area contributed by atoms with Gasteiger partial charge in [0, 0.05) is 11.8 Å². The van der Waals surface area contributed by atoms with Crippen molar-refractivity contribution >= 4 is 22.9 Å². The lowest BCUT2D eigenvalue weighted by Crippen LogP contribution is -2.18. The molecule has 120 valence electrons. The maximum atomic E-state index is 12.3. The molecular weight excluding hydrogens is 284 g/mol. The van der Waals surface area contributed by atoms with Gasteiger partial charge in [0.2, 0.25) is 0 Å². The van der Waals surface area contributed by atoms with Crippen LogP contribution in [0, 0.1) is 5.92 Å². The van der Waals surface area contributed by atoms with Gasteiger partial charge in [-0.3, -0.25) is 4.79 Å². The molecule has 0 atom stereocenters. The maximum absolute atomic E-state index is 12.3. The van der Waals surface area contributed by atoms with Crippen LogP contribution >= 0.6 is 0 Å². The normalized spacial score (nSPS) is 16.0. The van der Waals surface area contributed by atoms with E-state index in [1.165, 1.54) is 38.5 Å². The number of carbonyl (C=O) groups excluding carboxylic acids is 1. The summed E-state index contributed by atoms with van der Waals surface area (Å²) in [6.07, 6.45) is 10.8. The second-order valence-electron chi connectivity index (χ2n) is 6.36. The zero-order valence-electron chi connectivity index (χ0n) is 13.5. The summed E-state index contributed by atoms with van der Waals surface area (Å²) in [5.74, 6) is 0.708. The number of hydrogen-bond acceptors (Lipinski definition) is 2. The van der Waals surface area contributed by atoms with Gasteiger partial charge in [-0.25, -0.2) is 5.43 Å². The van der Waals surface area contributed by atoms with Gasteiger partial charge in [0.25, 0.3) is 5.91 Å². The van der Waals surface area contributed by atoms with E-state index in [0.29, 0.717) is 5.56 Å². The zero-order valence-corrected chi connectivity index (χ0v) is 13.5. The van der Waals surface area contributed by atoms with Gasteiger partial charge in [-0.2, -0.15) is 5.10 Å². The minimum Gasteiger partial charge on any atom is -0.267 e. The summed E-state index contributed by atoms with van der Waals surface area (Å²) in [6.45, 7) is 0. The zero-order chi connectivity index (χ0) is 15.9. The van der Waals surface area contributed by atoms with Crippen LogP contribution in [0.3, 0.4) is 0 Å². The van der Waals surface area contributed by atoms with Gasteiger partial charge in [0.05, 0.1) is 0 Å². The number of hydrogen-bond donors (Lipinski definition) is 1. The lowest BCUT2D eigenvalue weighted by atomic mass is 9.86. The van der Waals surface area contributed by atoms with Crippen LogP contribution in [0.15, 0.2) is 47.6 Å². The Morgan fingerprint density at radius 1 is 1.09 bits per heavy atom. The number of benzene rings is 2. The van der Waals surface area contributed by atoms with Gasteiger partial charge >= 0.3 is 0 Å². The first-order chi connectivity index (χ1) is 11.3. The third-order valence-corrected chi connectivity index (χ3v) is 4.72. The molecule has 0 radical (unpaired) electrons. The monoisotopic (exact) mass is 308 g/mol. The molecule has 1 N–H and O–H groups in total. The molecule has 1 aliphatic carbocycles. The van der Waals surface area contributed by atoms with Crippen LogP contribution < -0.4 is 5.43 Å². The molecule has 0 saturated heterocycles. The Morgan fingerprint density at radius 2 is 1.87 bits per heavy atom. The standard InChI is InChI=1S/C20H24N2O/c23-20(19-14-6-12-17-11-4-5-13-18(17)19)22-21-15-7-10-16-8-2-1-3-9-16/h4-6,11-16H,1-3,7-10H2,(H,22,23). The van der Waals surface area contributed by atoms with E-state index in [2.05, 4.69) is 10.5 Å². The first-order valence-electron chi connectivity index (χ1n) is 8.64. The number of rotatable bonds is 5. The van der Waals surface area contributed by atoms with Gasteiger partial charge in [-0.1, -0.05) is 68.5 Å². The third kappa shape index (κ3) is 4.19. The molecule has 1 fully saturated rings. The number of hydrazone groups is 1. The second-order valence-corrected chi connectivity index (χ2v) is 6.36. The summed E-state index contributed by atoms with van der Waals surface area (Å²) >= 11 is 0. The average molecular weight is 308 g/mol. The van der Waals surface area contributed by atoms with E-state index in [1.807, 2.05) is 48.7 Å². The smallest absolute Gasteiger partial charge is 0.267 e. The number of carbonyl (C=O) groups is 1. The van der Waals surface area contributed by atoms with Crippen molar-refractivity contribution in [1.29, 1.82) is 0 Å². The highest BCUT2D eigenvalue weighted by Crippen LogP contribution is 2.26. The first kappa shape index (κ1) is 15.7. The van der Waals surface area contributed by atoms with E-state index < -0.39 is 0 Å². The first-order valence-corrected chi connectivity index (χ1v) is 8.64. The SMILES string of the molecule is O=C(NN=CCCC1CCCCC1)c1cccc2ccccc12. The predicted molar refractivity (Wildman–Crippen MR) is 95.7 cm³/mol. The average Bonchev–Trinajstić information content (AvgIpc) is 2.61. The molecule has 1 amide bonds. The Kier molecular flexibility index (Phi) is 5.41. The van der Waals surface area contributed by atoms with E-state index in [1.54, 1.807) is 0 Å². The van der Waals surface area contributed by atoms with Crippen LogP contribution in [0.5, 0.6) is 0 Å². The summed E-state index contributed by atoms with van der Waals surface area (Å²) in [5.41, 5.74) is 3.33. The minimum absolute atomic E-state index is 0.143. The van der Waals surface area contributed by atoms with Crippen molar-refractivity contribution in [1.82, 2.24) is 5.43 Å². The Labute approximate surface area is 137 Å². The molecule has 3 rings (SSSR count). The molecule has 2 aromatic carbocycles. The Hall–Kier alpha value is -2.16. The minimum atomic E-state index is -0.143. The summed E-state index contributed by atoms with van der Waals surface area (Å²) in [5, 5.41) is 6.15. The fourth-order valence-electron chi connectivity index (χ4n) is 3.44. The lowest BCUT2D eigenvalue weighted by Gasteiger charge is -2.20. The molecule has 0 aromatic heterocycles. The van der Waals surface area contributed by atoms with Crippen LogP contribution in [0.1, 0.15) is 55.3 Å². The summed E-state index contributed by atoms with van der Waals surface area (Å²) < 4.78 is 0. The van der Waals surface area contributed by atoms with Crippen molar-refractivity contribution in [2.45, 2.75) is 44.9 Å². The number of nitrogens with one attached hydrogen (secondary N) is 1. The summed E-state index contributed by atoms with van der Waals surface area (Å²) in [4.78, 5) is 12.3. The van der Waals surface area contributed by atoms with Crippen molar-refractivity contribution in [2.24, 2.45) is 11.0 Å². The van der Waals surface area contributed by atoms with E-state index >= 15 is 0 Å². The molecule has 23 heavy (non-hydrogen) atoms. The van der Waals surface area contributed by atoms with Gasteiger partial charge in [0.15, 0.2) is 0 Å². The predicted octanol–water partition coefficient (Wildman–Crippen LogP) is 4.92. The Balaban J connectivity index is 1.53. The van der Waals surface area contributed by atoms with Crippen LogP contribution in [0.25, 0.3) is 10.8 Å². The fourth-order valence-corrected chi connectivity index (χ4v) is 3.44. The van der Waals surface area contributed by atoms with Crippen molar-refractivity contribution in [3.05, 3.63) is 48.0 Å². The highest BCUT2D eigenvalue weighted by molar-refractivity contribution is 6.07. The molecule has 0 spiro atoms. The Bertz CT molecular complexity index is 682. The molecule has 1 aliphatic rings. The van der Waals surface area contributed by atoms with Crippen LogP contribution in [-0.4, -0.2) is 12.1 Å². The van der Waals surface area contributed by atoms with Crippen LogP contribution in [0.4, 0.5) is 0 Å². The second kappa shape index (κ2) is 7.91. The van der Waals surface area contributed by atoms with E-state index in [0.717, 1.165) is 23.1 Å². The van der Waals surface area contributed by atoms with E-state index in [-0.39, 0.29) is 5.91 Å².